The van der Waals surface area contributed by atoms with E-state index in [-0.39, 0.29) is 25.7 Å². The first-order valence-electron chi connectivity index (χ1n) is 6.81. The summed E-state index contributed by atoms with van der Waals surface area (Å²) in [6, 6.07) is 6.61. The van der Waals surface area contributed by atoms with Crippen LogP contribution in [-0.4, -0.2) is 31.1 Å². The van der Waals surface area contributed by atoms with Crippen molar-refractivity contribution in [2.75, 3.05) is 26.0 Å². The lowest BCUT2D eigenvalue weighted by Gasteiger charge is -2.40. The molecule has 19 heavy (non-hydrogen) atoms. The van der Waals surface area contributed by atoms with Crippen LogP contribution in [0.1, 0.15) is 32.3 Å². The average Bonchev–Trinajstić information content (AvgIpc) is 2.45. The predicted octanol–water partition coefficient (Wildman–Crippen LogP) is 3.92. The Balaban J connectivity index is 3.17. The molecule has 108 valence electrons. The molecule has 0 bridgehead atoms. The number of ether oxygens (including phenoxy) is 1. The van der Waals surface area contributed by atoms with Gasteiger partial charge in [0, 0.05) is 13.7 Å². The fourth-order valence-electron chi connectivity index (χ4n) is 2.60. The molecule has 2 nitrogen and oxygen atoms in total. The third kappa shape index (κ3) is 3.75. The van der Waals surface area contributed by atoms with E-state index in [1.54, 1.807) is 7.11 Å². The predicted molar refractivity (Wildman–Crippen MR) is 79.4 cm³/mol. The summed E-state index contributed by atoms with van der Waals surface area (Å²) in [5.74, 6) is -0.228. The molecule has 0 spiro atoms. The van der Waals surface area contributed by atoms with Crippen LogP contribution in [0, 0.1) is 5.82 Å². The Bertz CT molecular complexity index is 365. The zero-order valence-corrected chi connectivity index (χ0v) is 12.9. The molecule has 0 radical (unpaired) electrons. The van der Waals surface area contributed by atoms with Crippen LogP contribution >= 0.6 is 7.92 Å². The Morgan fingerprint density at radius 2 is 1.79 bits per heavy atom. The summed E-state index contributed by atoms with van der Waals surface area (Å²) in [5.41, 5.74) is 1.03. The van der Waals surface area contributed by atoms with Crippen molar-refractivity contribution < 1.29 is 14.2 Å². The van der Waals surface area contributed by atoms with Gasteiger partial charge >= 0.3 is 0 Å². The van der Waals surface area contributed by atoms with Crippen LogP contribution in [0.3, 0.4) is 0 Å². The van der Waals surface area contributed by atoms with Gasteiger partial charge in [0.15, 0.2) is 0 Å². The second-order valence-corrected chi connectivity index (χ2v) is 7.56. The highest BCUT2D eigenvalue weighted by Gasteiger charge is 2.38. The number of halogens is 1. The van der Waals surface area contributed by atoms with Crippen molar-refractivity contribution in [3.05, 3.63) is 35.6 Å². The highest BCUT2D eigenvalue weighted by molar-refractivity contribution is 7.58. The van der Waals surface area contributed by atoms with Crippen LogP contribution in [-0.2, 0) is 10.1 Å². The van der Waals surface area contributed by atoms with Gasteiger partial charge in [-0.2, -0.15) is 0 Å². The molecular formula is C15H24FO2P. The lowest BCUT2D eigenvalue weighted by atomic mass is 10.0. The minimum absolute atomic E-state index is 0.156. The zero-order chi connectivity index (χ0) is 14.3. The van der Waals surface area contributed by atoms with E-state index >= 15 is 0 Å². The first kappa shape index (κ1) is 16.6. The van der Waals surface area contributed by atoms with Crippen LogP contribution in [0.2, 0.25) is 0 Å². The maximum atomic E-state index is 13.1. The third-order valence-corrected chi connectivity index (χ3v) is 6.79. The molecule has 0 fully saturated rings. The van der Waals surface area contributed by atoms with Crippen LogP contribution in [0.25, 0.3) is 0 Å². The second-order valence-electron chi connectivity index (χ2n) is 4.49. The Morgan fingerprint density at radius 3 is 2.21 bits per heavy atom. The van der Waals surface area contributed by atoms with Crippen molar-refractivity contribution in [2.24, 2.45) is 0 Å². The van der Waals surface area contributed by atoms with Gasteiger partial charge in [0.05, 0.1) is 0 Å². The normalized spacial score (nSPS) is 14.6. The van der Waals surface area contributed by atoms with E-state index in [1.165, 1.54) is 12.1 Å². The van der Waals surface area contributed by atoms with Crippen LogP contribution in [0.5, 0.6) is 0 Å². The molecule has 0 heterocycles. The molecule has 0 aliphatic carbocycles. The van der Waals surface area contributed by atoms with Gasteiger partial charge in [-0.3, -0.25) is 0 Å². The second kappa shape index (κ2) is 7.94. The van der Waals surface area contributed by atoms with Gasteiger partial charge in [-0.15, -0.1) is 0 Å². The molecule has 1 aromatic carbocycles. The Labute approximate surface area is 116 Å². The maximum Gasteiger partial charge on any atom is 0.123 e. The van der Waals surface area contributed by atoms with Crippen molar-refractivity contribution in [1.29, 1.82) is 0 Å². The molecule has 1 unspecified atom stereocenters. The molecule has 0 aliphatic rings. The van der Waals surface area contributed by atoms with Gasteiger partial charge in [0.2, 0.25) is 0 Å². The Hall–Kier alpha value is -0.500. The number of benzene rings is 1. The highest BCUT2D eigenvalue weighted by atomic mass is 31.1. The molecule has 0 amide bonds. The number of aliphatic hydroxyl groups is 1. The fourth-order valence-corrected chi connectivity index (χ4v) is 5.31. The summed E-state index contributed by atoms with van der Waals surface area (Å²) < 4.78 is 19.0. The van der Waals surface area contributed by atoms with Crippen molar-refractivity contribution in [1.82, 2.24) is 0 Å². The molecule has 0 saturated carbocycles. The van der Waals surface area contributed by atoms with Gasteiger partial charge in [0.25, 0.3) is 0 Å². The van der Waals surface area contributed by atoms with E-state index in [1.807, 2.05) is 12.1 Å². The number of hydrogen-bond acceptors (Lipinski definition) is 2. The fraction of sp³-hybridized carbons (Fsp3) is 0.600. The summed E-state index contributed by atoms with van der Waals surface area (Å²) in [6.45, 7) is 4.50. The monoisotopic (exact) mass is 286 g/mol. The molecule has 0 saturated heterocycles. The molecule has 0 aliphatic heterocycles. The van der Waals surface area contributed by atoms with Gasteiger partial charge < -0.3 is 9.84 Å². The maximum absolute atomic E-state index is 13.1. The SMILES string of the molecule is CCP(CC)C(CCCO)(OC)c1ccc(F)cc1. The molecular weight excluding hydrogens is 262 g/mol. The van der Waals surface area contributed by atoms with Gasteiger partial charge in [-0.1, -0.05) is 33.9 Å². The minimum Gasteiger partial charge on any atom is -0.396 e. The van der Waals surface area contributed by atoms with E-state index in [4.69, 9.17) is 9.84 Å². The largest absolute Gasteiger partial charge is 0.396 e. The van der Waals surface area contributed by atoms with Crippen LogP contribution in [0.4, 0.5) is 4.39 Å². The lowest BCUT2D eigenvalue weighted by molar-refractivity contribution is 0.0491. The molecule has 1 rings (SSSR count). The topological polar surface area (TPSA) is 29.5 Å². The summed E-state index contributed by atoms with van der Waals surface area (Å²) in [6.07, 6.45) is 3.59. The molecule has 0 aromatic heterocycles. The summed E-state index contributed by atoms with van der Waals surface area (Å²) in [4.78, 5) is 0. The Morgan fingerprint density at radius 1 is 1.21 bits per heavy atom. The van der Waals surface area contributed by atoms with Crippen molar-refractivity contribution in [3.8, 4) is 0 Å². The summed E-state index contributed by atoms with van der Waals surface area (Å²) >= 11 is 0. The number of methoxy groups -OCH3 is 1. The zero-order valence-electron chi connectivity index (χ0n) is 12.0. The van der Waals surface area contributed by atoms with Crippen LogP contribution in [0.15, 0.2) is 24.3 Å². The first-order valence-corrected chi connectivity index (χ1v) is 8.52. The molecule has 1 N–H and O–H groups in total. The van der Waals surface area contributed by atoms with Crippen LogP contribution < -0.4 is 0 Å². The van der Waals surface area contributed by atoms with E-state index in [0.717, 1.165) is 24.3 Å². The van der Waals surface area contributed by atoms with Gasteiger partial charge in [0.1, 0.15) is 11.2 Å². The van der Waals surface area contributed by atoms with E-state index in [0.29, 0.717) is 6.42 Å². The highest BCUT2D eigenvalue weighted by Crippen LogP contribution is 2.58. The van der Waals surface area contributed by atoms with Gasteiger partial charge in [-0.05, 0) is 42.9 Å². The van der Waals surface area contributed by atoms with Crippen molar-refractivity contribution in [3.63, 3.8) is 0 Å². The average molecular weight is 286 g/mol. The standard InChI is InChI=1S/C15H24FO2P/c1-4-19(5-2)15(18-3,11-6-12-17)13-7-9-14(16)10-8-13/h7-10,17H,4-6,11-12H2,1-3H3. The number of rotatable bonds is 8. The quantitative estimate of drug-likeness (QED) is 0.734. The van der Waals surface area contributed by atoms with Gasteiger partial charge in [-0.25, -0.2) is 4.39 Å². The minimum atomic E-state index is -0.366. The molecule has 4 heteroatoms. The van der Waals surface area contributed by atoms with E-state index in [9.17, 15) is 4.39 Å². The summed E-state index contributed by atoms with van der Waals surface area (Å²) in [5, 5.41) is 8.77. The first-order chi connectivity index (χ1) is 9.14. The van der Waals surface area contributed by atoms with E-state index in [2.05, 4.69) is 13.8 Å². The molecule has 1 aromatic rings. The smallest absolute Gasteiger partial charge is 0.123 e. The molecule has 1 atom stereocenters. The van der Waals surface area contributed by atoms with Crippen molar-refractivity contribution in [2.45, 2.75) is 32.0 Å². The van der Waals surface area contributed by atoms with Crippen molar-refractivity contribution >= 4 is 7.92 Å². The number of aliphatic hydroxyl groups excluding tert-OH is 1. The summed E-state index contributed by atoms with van der Waals surface area (Å²) in [7, 11) is 1.37. The Kier molecular flexibility index (Phi) is 6.92. The number of hydrogen-bond donors (Lipinski definition) is 1. The van der Waals surface area contributed by atoms with E-state index < -0.39 is 0 Å². The lowest BCUT2D eigenvalue weighted by Crippen LogP contribution is -2.28. The third-order valence-electron chi connectivity index (χ3n) is 3.58.